The standard InChI is InChI=1S/C77H65N5/c1-6-76(5,57-40-38-50-34-36-54(50)42-57)67-30-21-29-61(49(67)4)56-44-59(77(7-2,8-3)58-41-39-51-35-37-55(51)43-58)46-60(45-56)81-68-31-18-15-26-62(68)65-48-72-66(47-71(65)81)63-27-16-19-32-69(63)82(72)70-33-20-17-28-64(70)75-79-73(52-22-11-9-12-23-52)78-74(80-75)53-24-13-10-14-25-53/h9-33,38-48H,6-8,34-37H2,1-5H3. The second-order valence-electron chi connectivity index (χ2n) is 23.3. The van der Waals surface area contributed by atoms with E-state index < -0.39 is 0 Å². The van der Waals surface area contributed by atoms with Crippen molar-refractivity contribution in [3.8, 4) is 56.7 Å². The van der Waals surface area contributed by atoms with Crippen LogP contribution in [0.15, 0.2) is 218 Å². The number of hydrogen-bond acceptors (Lipinski definition) is 3. The molecule has 0 saturated heterocycles. The van der Waals surface area contributed by atoms with Gasteiger partial charge in [0.1, 0.15) is 0 Å². The molecule has 1 atom stereocenters. The Morgan fingerprint density at radius 1 is 0.378 bits per heavy atom. The van der Waals surface area contributed by atoms with Gasteiger partial charge >= 0.3 is 0 Å². The molecule has 0 N–H and O–H groups in total. The molecule has 13 aromatic rings. The molecule has 3 aromatic heterocycles. The van der Waals surface area contributed by atoms with E-state index in [-0.39, 0.29) is 10.8 Å². The zero-order valence-electron chi connectivity index (χ0n) is 47.5. The zero-order chi connectivity index (χ0) is 55.3. The molecule has 10 aromatic carbocycles. The quantitative estimate of drug-likeness (QED) is 0.116. The van der Waals surface area contributed by atoms with Gasteiger partial charge in [-0.3, -0.25) is 0 Å². The van der Waals surface area contributed by atoms with E-state index in [2.05, 4.69) is 226 Å². The van der Waals surface area contributed by atoms with Crippen LogP contribution in [0.3, 0.4) is 0 Å². The lowest BCUT2D eigenvalue weighted by atomic mass is 9.68. The summed E-state index contributed by atoms with van der Waals surface area (Å²) in [4.78, 5) is 15.6. The Balaban J connectivity index is 0.965. The maximum Gasteiger partial charge on any atom is 0.166 e. The first-order valence-corrected chi connectivity index (χ1v) is 29.7. The summed E-state index contributed by atoms with van der Waals surface area (Å²) in [5, 5.41) is 4.77. The highest BCUT2D eigenvalue weighted by atomic mass is 15.1. The fraction of sp³-hybridized carbons (Fsp3) is 0.182. The van der Waals surface area contributed by atoms with Gasteiger partial charge in [-0.1, -0.05) is 198 Å². The Bertz CT molecular complexity index is 4610. The van der Waals surface area contributed by atoms with Crippen molar-refractivity contribution < 1.29 is 0 Å². The van der Waals surface area contributed by atoms with Gasteiger partial charge in [0.25, 0.3) is 0 Å². The van der Waals surface area contributed by atoms with Crippen LogP contribution < -0.4 is 0 Å². The highest BCUT2D eigenvalue weighted by molar-refractivity contribution is 6.19. The Morgan fingerprint density at radius 3 is 1.50 bits per heavy atom. The van der Waals surface area contributed by atoms with Crippen LogP contribution in [0.1, 0.15) is 97.0 Å². The Labute approximate surface area is 480 Å². The molecule has 0 spiro atoms. The second kappa shape index (κ2) is 19.5. The van der Waals surface area contributed by atoms with Crippen LogP contribution in [0.5, 0.6) is 0 Å². The lowest BCUT2D eigenvalue weighted by Gasteiger charge is -2.36. The number of nitrogens with zero attached hydrogens (tertiary/aromatic N) is 5. The third-order valence-corrected chi connectivity index (χ3v) is 19.4. The Morgan fingerprint density at radius 2 is 0.902 bits per heavy atom. The second-order valence-corrected chi connectivity index (χ2v) is 23.3. The van der Waals surface area contributed by atoms with Gasteiger partial charge in [-0.05, 0) is 162 Å². The van der Waals surface area contributed by atoms with Crippen LogP contribution in [-0.2, 0) is 36.5 Å². The van der Waals surface area contributed by atoms with E-state index in [0.717, 1.165) is 59.1 Å². The van der Waals surface area contributed by atoms with E-state index in [9.17, 15) is 0 Å². The molecular weight excluding hydrogens is 995 g/mol. The summed E-state index contributed by atoms with van der Waals surface area (Å²) in [7, 11) is 0. The number of benzene rings is 10. The molecule has 15 rings (SSSR count). The largest absolute Gasteiger partial charge is 0.309 e. The summed E-state index contributed by atoms with van der Waals surface area (Å²) < 4.78 is 5.01. The van der Waals surface area contributed by atoms with Crippen LogP contribution in [0.25, 0.3) is 100 Å². The van der Waals surface area contributed by atoms with Gasteiger partial charge in [0, 0.05) is 54.8 Å². The highest BCUT2D eigenvalue weighted by Crippen LogP contribution is 2.48. The molecule has 82 heavy (non-hydrogen) atoms. The molecule has 0 saturated carbocycles. The van der Waals surface area contributed by atoms with Gasteiger partial charge in [-0.2, -0.15) is 0 Å². The molecule has 5 nitrogen and oxygen atoms in total. The molecule has 398 valence electrons. The normalized spacial score (nSPS) is 13.7. The average Bonchev–Trinajstić information content (AvgIpc) is 2.58. The first-order chi connectivity index (χ1) is 40.2. The summed E-state index contributed by atoms with van der Waals surface area (Å²) in [6.45, 7) is 12.0. The van der Waals surface area contributed by atoms with E-state index in [1.165, 1.54) is 119 Å². The minimum atomic E-state index is -0.209. The Kier molecular flexibility index (Phi) is 11.9. The first-order valence-electron chi connectivity index (χ1n) is 29.7. The smallest absolute Gasteiger partial charge is 0.166 e. The molecule has 0 fully saturated rings. The van der Waals surface area contributed by atoms with Crippen molar-refractivity contribution >= 4 is 43.6 Å². The SMILES string of the molecule is CCC(C)(c1ccc2c(c1)CC2)c1cccc(-c2cc(-n3c4ccccc4c4cc5c(cc43)c3ccccc3n5-c3ccccc3-c3nc(-c4ccccc4)nc(-c4ccccc4)n3)cc(C(CC)(CC)c3ccc4c(c3)CC4)c2)c1C. The van der Waals surface area contributed by atoms with Gasteiger partial charge in [-0.15, -0.1) is 0 Å². The van der Waals surface area contributed by atoms with Gasteiger partial charge in [0.15, 0.2) is 17.5 Å². The predicted octanol–water partition coefficient (Wildman–Crippen LogP) is 19.1. The number of para-hydroxylation sites is 3. The minimum Gasteiger partial charge on any atom is -0.309 e. The summed E-state index contributed by atoms with van der Waals surface area (Å²) in [6, 6.07) is 81.3. The third-order valence-electron chi connectivity index (χ3n) is 19.4. The first kappa shape index (κ1) is 49.8. The lowest BCUT2D eigenvalue weighted by Crippen LogP contribution is -2.27. The van der Waals surface area contributed by atoms with E-state index in [1.807, 2.05) is 36.4 Å². The van der Waals surface area contributed by atoms with Crippen molar-refractivity contribution in [2.45, 2.75) is 90.4 Å². The van der Waals surface area contributed by atoms with Gasteiger partial charge in [0.05, 0.1) is 27.8 Å². The topological polar surface area (TPSA) is 48.5 Å². The summed E-state index contributed by atoms with van der Waals surface area (Å²) in [6.07, 6.45) is 7.68. The highest BCUT2D eigenvalue weighted by Gasteiger charge is 2.35. The van der Waals surface area contributed by atoms with Crippen LogP contribution >= 0.6 is 0 Å². The average molecular weight is 1060 g/mol. The maximum atomic E-state index is 5.26. The predicted molar refractivity (Wildman–Crippen MR) is 341 cm³/mol. The number of hydrogen-bond donors (Lipinski definition) is 0. The van der Waals surface area contributed by atoms with E-state index in [0.29, 0.717) is 17.5 Å². The van der Waals surface area contributed by atoms with Crippen LogP contribution in [0, 0.1) is 6.92 Å². The zero-order valence-corrected chi connectivity index (χ0v) is 47.5. The van der Waals surface area contributed by atoms with Crippen molar-refractivity contribution in [3.05, 3.63) is 268 Å². The fourth-order valence-corrected chi connectivity index (χ4v) is 14.3. The summed E-state index contributed by atoms with van der Waals surface area (Å²) in [5.74, 6) is 1.89. The van der Waals surface area contributed by atoms with Crippen LogP contribution in [0.4, 0.5) is 0 Å². The van der Waals surface area contributed by atoms with Crippen molar-refractivity contribution in [2.24, 2.45) is 0 Å². The molecule has 0 radical (unpaired) electrons. The van der Waals surface area contributed by atoms with Gasteiger partial charge < -0.3 is 9.13 Å². The van der Waals surface area contributed by atoms with Crippen molar-refractivity contribution in [1.82, 2.24) is 24.1 Å². The molecule has 3 heterocycles. The Hall–Kier alpha value is -9.19. The molecule has 1 unspecified atom stereocenters. The maximum absolute atomic E-state index is 5.26. The molecule has 0 aliphatic heterocycles. The molecule has 5 heteroatoms. The third kappa shape index (κ3) is 7.77. The molecule has 2 aliphatic rings. The number of fused-ring (bicyclic) bond motifs is 8. The van der Waals surface area contributed by atoms with Crippen molar-refractivity contribution in [3.63, 3.8) is 0 Å². The van der Waals surface area contributed by atoms with Crippen LogP contribution in [0.2, 0.25) is 0 Å². The fourth-order valence-electron chi connectivity index (χ4n) is 14.3. The molecule has 0 bridgehead atoms. The molecule has 0 amide bonds. The van der Waals surface area contributed by atoms with E-state index >= 15 is 0 Å². The van der Waals surface area contributed by atoms with E-state index in [1.54, 1.807) is 0 Å². The van der Waals surface area contributed by atoms with E-state index in [4.69, 9.17) is 15.0 Å². The summed E-state index contributed by atoms with van der Waals surface area (Å²) in [5.41, 5.74) is 24.7. The lowest BCUT2D eigenvalue weighted by molar-refractivity contribution is 0.477. The van der Waals surface area contributed by atoms with Gasteiger partial charge in [-0.25, -0.2) is 15.0 Å². The van der Waals surface area contributed by atoms with Gasteiger partial charge in [0.2, 0.25) is 0 Å². The number of aromatic nitrogens is 5. The monoisotopic (exact) mass is 1060 g/mol. The van der Waals surface area contributed by atoms with Crippen LogP contribution in [-0.4, -0.2) is 24.1 Å². The van der Waals surface area contributed by atoms with Crippen molar-refractivity contribution in [1.29, 1.82) is 0 Å². The number of rotatable bonds is 13. The minimum absolute atomic E-state index is 0.146. The molecular formula is C77H65N5. The molecule has 2 aliphatic carbocycles. The summed E-state index contributed by atoms with van der Waals surface area (Å²) >= 11 is 0. The van der Waals surface area contributed by atoms with Crippen molar-refractivity contribution in [2.75, 3.05) is 0 Å². The number of aryl methyl sites for hydroxylation is 4.